The van der Waals surface area contributed by atoms with Crippen molar-refractivity contribution in [3.8, 4) is 6.07 Å². The van der Waals surface area contributed by atoms with Crippen LogP contribution in [0.3, 0.4) is 0 Å². The molecule has 72 valence electrons. The Morgan fingerprint density at radius 3 is 2.93 bits per heavy atom. The van der Waals surface area contributed by atoms with Crippen molar-refractivity contribution in [1.82, 2.24) is 4.98 Å². The van der Waals surface area contributed by atoms with Crippen molar-refractivity contribution in [2.45, 2.75) is 12.3 Å². The van der Waals surface area contributed by atoms with Crippen LogP contribution in [-0.2, 0) is 4.79 Å². The number of aromatic nitrogens is 1. The molecule has 0 radical (unpaired) electrons. The number of pyridine rings is 1. The molecule has 1 aromatic heterocycles. The number of nitrogens with zero attached hydrogens (tertiary/aromatic N) is 2. The van der Waals surface area contributed by atoms with Gasteiger partial charge in [-0.3, -0.25) is 9.78 Å². The molecule has 0 saturated carbocycles. The molecule has 0 fully saturated rings. The first kappa shape index (κ1) is 10.7. The van der Waals surface area contributed by atoms with E-state index in [0.717, 1.165) is 0 Å². The fourth-order valence-electron chi connectivity index (χ4n) is 1.09. The summed E-state index contributed by atoms with van der Waals surface area (Å²) in [6, 6.07) is 7.09. The van der Waals surface area contributed by atoms with Crippen molar-refractivity contribution < 1.29 is 4.79 Å². The second-order valence-corrected chi connectivity index (χ2v) is 3.10. The van der Waals surface area contributed by atoms with Crippen LogP contribution in [0, 0.1) is 11.3 Å². The number of Topliss-reactive ketones (excluding diaryl/α,β-unsaturated/α-hetero) is 1. The molecule has 0 aliphatic heterocycles. The van der Waals surface area contributed by atoms with Crippen LogP contribution in [0.2, 0.25) is 0 Å². The Labute approximate surface area is 87.3 Å². The second-order valence-electron chi connectivity index (χ2n) is 2.72. The molecule has 0 amide bonds. The normalized spacial score (nSPS) is 11.7. The maximum absolute atomic E-state index is 11.4. The van der Waals surface area contributed by atoms with E-state index < -0.39 is 5.92 Å². The summed E-state index contributed by atoms with van der Waals surface area (Å²) in [5.74, 6) is -0.722. The zero-order chi connectivity index (χ0) is 10.4. The minimum absolute atomic E-state index is 0.179. The van der Waals surface area contributed by atoms with Crippen molar-refractivity contribution in [2.75, 3.05) is 5.88 Å². The lowest BCUT2D eigenvalue weighted by Gasteiger charge is -2.05. The van der Waals surface area contributed by atoms with E-state index >= 15 is 0 Å². The molecule has 0 N–H and O–H groups in total. The molecule has 4 heteroatoms. The van der Waals surface area contributed by atoms with Gasteiger partial charge in [-0.1, -0.05) is 6.07 Å². The summed E-state index contributed by atoms with van der Waals surface area (Å²) < 4.78 is 0. The lowest BCUT2D eigenvalue weighted by atomic mass is 9.99. The first-order valence-corrected chi connectivity index (χ1v) is 4.72. The summed E-state index contributed by atoms with van der Waals surface area (Å²) in [6.45, 7) is 0. The second kappa shape index (κ2) is 5.36. The highest BCUT2D eigenvalue weighted by Gasteiger charge is 2.19. The smallest absolute Gasteiger partial charge is 0.157 e. The predicted molar refractivity (Wildman–Crippen MR) is 52.9 cm³/mol. The Balaban J connectivity index is 2.84. The highest BCUT2D eigenvalue weighted by Crippen LogP contribution is 2.14. The molecule has 1 rings (SSSR count). The van der Waals surface area contributed by atoms with Gasteiger partial charge in [0.2, 0.25) is 0 Å². The number of nitriles is 1. The van der Waals surface area contributed by atoms with E-state index in [9.17, 15) is 4.79 Å². The van der Waals surface area contributed by atoms with Crippen LogP contribution in [0.1, 0.15) is 18.0 Å². The minimum atomic E-state index is -0.782. The number of hydrogen-bond donors (Lipinski definition) is 0. The van der Waals surface area contributed by atoms with Crippen LogP contribution in [0.4, 0.5) is 0 Å². The summed E-state index contributed by atoms with van der Waals surface area (Å²) in [4.78, 5) is 15.4. The third-order valence-electron chi connectivity index (χ3n) is 1.78. The Bertz CT molecular complexity index is 345. The minimum Gasteiger partial charge on any atom is -0.298 e. The van der Waals surface area contributed by atoms with Crippen LogP contribution >= 0.6 is 11.6 Å². The highest BCUT2D eigenvalue weighted by atomic mass is 35.5. The van der Waals surface area contributed by atoms with Gasteiger partial charge in [-0.05, 0) is 12.1 Å². The van der Waals surface area contributed by atoms with Gasteiger partial charge >= 0.3 is 0 Å². The van der Waals surface area contributed by atoms with Gasteiger partial charge in [-0.15, -0.1) is 11.6 Å². The SMILES string of the molecule is N#CC(C(=O)CCCl)c1ccccn1. The molecule has 0 bridgehead atoms. The predicted octanol–water partition coefficient (Wildman–Crippen LogP) is 1.89. The third kappa shape index (κ3) is 2.54. The fourth-order valence-corrected chi connectivity index (χ4v) is 1.27. The maximum atomic E-state index is 11.4. The summed E-state index contributed by atoms with van der Waals surface area (Å²) >= 11 is 5.43. The number of ketones is 1. The van der Waals surface area contributed by atoms with Gasteiger partial charge in [0.15, 0.2) is 5.78 Å². The largest absolute Gasteiger partial charge is 0.298 e. The topological polar surface area (TPSA) is 53.8 Å². The van der Waals surface area contributed by atoms with E-state index in [0.29, 0.717) is 5.69 Å². The average Bonchev–Trinajstić information content (AvgIpc) is 2.21. The van der Waals surface area contributed by atoms with Crippen molar-refractivity contribution in [3.05, 3.63) is 30.1 Å². The van der Waals surface area contributed by atoms with Gasteiger partial charge in [0, 0.05) is 18.5 Å². The number of carbonyl (C=O) groups excluding carboxylic acids is 1. The standard InChI is InChI=1S/C10H9ClN2O/c11-5-4-10(14)8(7-12)9-3-1-2-6-13-9/h1-3,6,8H,4-5H2. The van der Waals surface area contributed by atoms with Crippen LogP contribution in [0.25, 0.3) is 0 Å². The lowest BCUT2D eigenvalue weighted by Crippen LogP contribution is -2.12. The van der Waals surface area contributed by atoms with Gasteiger partial charge in [-0.25, -0.2) is 0 Å². The molecule has 1 unspecified atom stereocenters. The Morgan fingerprint density at radius 1 is 1.64 bits per heavy atom. The van der Waals surface area contributed by atoms with Crippen LogP contribution < -0.4 is 0 Å². The molecule has 1 atom stereocenters. The zero-order valence-electron chi connectivity index (χ0n) is 7.48. The van der Waals surface area contributed by atoms with E-state index in [1.165, 1.54) is 0 Å². The quantitative estimate of drug-likeness (QED) is 0.710. The number of carbonyl (C=O) groups is 1. The van der Waals surface area contributed by atoms with E-state index in [-0.39, 0.29) is 18.1 Å². The van der Waals surface area contributed by atoms with Gasteiger partial charge in [0.25, 0.3) is 0 Å². The Kier molecular flexibility index (Phi) is 4.09. The number of alkyl halides is 1. The molecular weight excluding hydrogens is 200 g/mol. The zero-order valence-corrected chi connectivity index (χ0v) is 8.24. The molecule has 0 aliphatic carbocycles. The van der Waals surface area contributed by atoms with Crippen LogP contribution in [0.5, 0.6) is 0 Å². The molecule has 1 heterocycles. The van der Waals surface area contributed by atoms with Gasteiger partial charge < -0.3 is 0 Å². The van der Waals surface area contributed by atoms with E-state index in [1.54, 1.807) is 24.4 Å². The summed E-state index contributed by atoms with van der Waals surface area (Å²) in [5.41, 5.74) is 0.491. The van der Waals surface area contributed by atoms with Gasteiger partial charge in [-0.2, -0.15) is 5.26 Å². The summed E-state index contributed by atoms with van der Waals surface area (Å²) in [6.07, 6.45) is 1.77. The molecule has 0 aromatic carbocycles. The van der Waals surface area contributed by atoms with E-state index in [4.69, 9.17) is 16.9 Å². The van der Waals surface area contributed by atoms with Crippen LogP contribution in [-0.4, -0.2) is 16.6 Å². The number of hydrogen-bond acceptors (Lipinski definition) is 3. The van der Waals surface area contributed by atoms with Gasteiger partial charge in [0.05, 0.1) is 11.8 Å². The van der Waals surface area contributed by atoms with E-state index in [2.05, 4.69) is 4.98 Å². The van der Waals surface area contributed by atoms with E-state index in [1.807, 2.05) is 6.07 Å². The Hall–Kier alpha value is -1.40. The monoisotopic (exact) mass is 208 g/mol. The molecule has 0 spiro atoms. The van der Waals surface area contributed by atoms with Crippen molar-refractivity contribution >= 4 is 17.4 Å². The fraction of sp³-hybridized carbons (Fsp3) is 0.300. The number of rotatable bonds is 4. The van der Waals surface area contributed by atoms with Crippen molar-refractivity contribution in [1.29, 1.82) is 5.26 Å². The molecule has 14 heavy (non-hydrogen) atoms. The molecule has 1 aromatic rings. The lowest BCUT2D eigenvalue weighted by molar-refractivity contribution is -0.119. The average molecular weight is 209 g/mol. The molecule has 0 aliphatic rings. The highest BCUT2D eigenvalue weighted by molar-refractivity contribution is 6.19. The molecular formula is C10H9ClN2O. The summed E-state index contributed by atoms with van der Waals surface area (Å²) in [7, 11) is 0. The number of halogens is 1. The molecule has 0 saturated heterocycles. The first-order chi connectivity index (χ1) is 6.79. The van der Waals surface area contributed by atoms with Gasteiger partial charge in [0.1, 0.15) is 5.92 Å². The Morgan fingerprint density at radius 2 is 2.43 bits per heavy atom. The summed E-state index contributed by atoms with van der Waals surface area (Å²) in [5, 5.41) is 8.82. The first-order valence-electron chi connectivity index (χ1n) is 4.19. The van der Waals surface area contributed by atoms with Crippen LogP contribution in [0.15, 0.2) is 24.4 Å². The maximum Gasteiger partial charge on any atom is 0.157 e. The van der Waals surface area contributed by atoms with Crippen molar-refractivity contribution in [2.24, 2.45) is 0 Å². The third-order valence-corrected chi connectivity index (χ3v) is 1.96. The molecule has 3 nitrogen and oxygen atoms in total. The van der Waals surface area contributed by atoms with Crippen molar-refractivity contribution in [3.63, 3.8) is 0 Å².